The Labute approximate surface area is 145 Å². The zero-order valence-electron chi connectivity index (χ0n) is 15.4. The molecule has 0 aliphatic carbocycles. The number of rotatable bonds is 6. The maximum absolute atomic E-state index is 11.6. The summed E-state index contributed by atoms with van der Waals surface area (Å²) >= 11 is 0. The predicted molar refractivity (Wildman–Crippen MR) is 98.1 cm³/mol. The van der Waals surface area contributed by atoms with Gasteiger partial charge in [-0.05, 0) is 33.3 Å². The number of carbonyl (C=O) groups excluding carboxylic acids is 1. The molecule has 134 valence electrons. The number of benzene rings is 1. The van der Waals surface area contributed by atoms with Gasteiger partial charge in [0.15, 0.2) is 5.96 Å². The Kier molecular flexibility index (Phi) is 8.09. The third-order valence-electron chi connectivity index (χ3n) is 3.00. The van der Waals surface area contributed by atoms with Crippen molar-refractivity contribution in [3.63, 3.8) is 0 Å². The van der Waals surface area contributed by atoms with Gasteiger partial charge in [0.05, 0.1) is 6.54 Å². The Hall–Kier alpha value is -2.24. The average Bonchev–Trinajstić information content (AvgIpc) is 2.49. The van der Waals surface area contributed by atoms with E-state index in [1.54, 1.807) is 0 Å². The van der Waals surface area contributed by atoms with Crippen molar-refractivity contribution < 1.29 is 9.53 Å². The van der Waals surface area contributed by atoms with Crippen LogP contribution in [-0.4, -0.2) is 49.2 Å². The van der Waals surface area contributed by atoms with Gasteiger partial charge in [-0.2, -0.15) is 0 Å². The Morgan fingerprint density at radius 3 is 2.46 bits per heavy atom. The van der Waals surface area contributed by atoms with Crippen LogP contribution in [0.3, 0.4) is 0 Å². The highest BCUT2D eigenvalue weighted by atomic mass is 16.6. The molecular weight excluding hydrogens is 304 g/mol. The minimum absolute atomic E-state index is 0.416. The Bertz CT molecular complexity index is 524. The van der Waals surface area contributed by atoms with Gasteiger partial charge in [-0.25, -0.2) is 4.79 Å². The third-order valence-corrected chi connectivity index (χ3v) is 3.00. The Morgan fingerprint density at radius 1 is 1.21 bits per heavy atom. The van der Waals surface area contributed by atoms with Crippen molar-refractivity contribution in [2.75, 3.05) is 26.7 Å². The molecular formula is C18H30N4O2. The summed E-state index contributed by atoms with van der Waals surface area (Å²) in [7, 11) is 2.00. The SMILES string of the molecule is CCNC(=NCCNC(=O)OC(C)(C)C)N(C)Cc1ccccc1. The van der Waals surface area contributed by atoms with Gasteiger partial charge in [-0.3, -0.25) is 4.99 Å². The minimum atomic E-state index is -0.488. The van der Waals surface area contributed by atoms with E-state index in [4.69, 9.17) is 4.74 Å². The smallest absolute Gasteiger partial charge is 0.407 e. The fraction of sp³-hybridized carbons (Fsp3) is 0.556. The number of alkyl carbamates (subject to hydrolysis) is 1. The van der Waals surface area contributed by atoms with E-state index < -0.39 is 11.7 Å². The van der Waals surface area contributed by atoms with E-state index >= 15 is 0 Å². The molecule has 1 rings (SSSR count). The normalized spacial score (nSPS) is 11.8. The highest BCUT2D eigenvalue weighted by Gasteiger charge is 2.15. The molecule has 0 radical (unpaired) electrons. The van der Waals surface area contributed by atoms with Crippen LogP contribution in [0.2, 0.25) is 0 Å². The summed E-state index contributed by atoms with van der Waals surface area (Å²) in [6.07, 6.45) is -0.416. The monoisotopic (exact) mass is 334 g/mol. The maximum Gasteiger partial charge on any atom is 0.407 e. The number of guanidine groups is 1. The van der Waals surface area contributed by atoms with Crippen molar-refractivity contribution in [1.29, 1.82) is 0 Å². The molecule has 1 aromatic carbocycles. The van der Waals surface area contributed by atoms with Crippen molar-refractivity contribution in [3.05, 3.63) is 35.9 Å². The van der Waals surface area contributed by atoms with E-state index in [9.17, 15) is 4.79 Å². The lowest BCUT2D eigenvalue weighted by molar-refractivity contribution is 0.0529. The van der Waals surface area contributed by atoms with Crippen LogP contribution in [0.1, 0.15) is 33.3 Å². The molecule has 0 unspecified atom stereocenters. The first kappa shape index (κ1) is 19.8. The molecule has 0 bridgehead atoms. The highest BCUT2D eigenvalue weighted by Crippen LogP contribution is 2.06. The van der Waals surface area contributed by atoms with E-state index in [2.05, 4.69) is 32.7 Å². The van der Waals surface area contributed by atoms with Gasteiger partial charge < -0.3 is 20.3 Å². The number of hydrogen-bond donors (Lipinski definition) is 2. The van der Waals surface area contributed by atoms with Gasteiger partial charge in [-0.15, -0.1) is 0 Å². The average molecular weight is 334 g/mol. The van der Waals surface area contributed by atoms with Crippen molar-refractivity contribution in [1.82, 2.24) is 15.5 Å². The molecule has 0 fully saturated rings. The quantitative estimate of drug-likeness (QED) is 0.477. The number of hydrogen-bond acceptors (Lipinski definition) is 3. The highest BCUT2D eigenvalue weighted by molar-refractivity contribution is 5.79. The molecule has 24 heavy (non-hydrogen) atoms. The Balaban J connectivity index is 2.48. The van der Waals surface area contributed by atoms with E-state index in [-0.39, 0.29) is 0 Å². The van der Waals surface area contributed by atoms with E-state index in [1.165, 1.54) is 5.56 Å². The number of ether oxygens (including phenoxy) is 1. The summed E-state index contributed by atoms with van der Waals surface area (Å²) in [5.74, 6) is 0.812. The van der Waals surface area contributed by atoms with Crippen LogP contribution >= 0.6 is 0 Å². The van der Waals surface area contributed by atoms with Crippen LogP contribution in [0.15, 0.2) is 35.3 Å². The van der Waals surface area contributed by atoms with Gasteiger partial charge in [0.2, 0.25) is 0 Å². The number of nitrogens with zero attached hydrogens (tertiary/aromatic N) is 2. The molecule has 0 aliphatic rings. The summed E-state index contributed by atoms with van der Waals surface area (Å²) in [6, 6.07) is 10.2. The molecule has 6 heteroatoms. The second kappa shape index (κ2) is 9.80. The summed E-state index contributed by atoms with van der Waals surface area (Å²) in [5.41, 5.74) is 0.732. The summed E-state index contributed by atoms with van der Waals surface area (Å²) in [6.45, 7) is 10.0. The van der Waals surface area contributed by atoms with Crippen LogP contribution in [0.5, 0.6) is 0 Å². The van der Waals surface area contributed by atoms with Gasteiger partial charge in [0.1, 0.15) is 5.60 Å². The first-order valence-corrected chi connectivity index (χ1v) is 8.32. The summed E-state index contributed by atoms with van der Waals surface area (Å²) in [4.78, 5) is 18.2. The zero-order chi connectivity index (χ0) is 18.0. The summed E-state index contributed by atoms with van der Waals surface area (Å²) < 4.78 is 5.19. The molecule has 0 aliphatic heterocycles. The molecule has 1 aromatic rings. The largest absolute Gasteiger partial charge is 0.444 e. The molecule has 0 atom stereocenters. The van der Waals surface area contributed by atoms with Crippen LogP contribution < -0.4 is 10.6 Å². The van der Waals surface area contributed by atoms with Crippen LogP contribution in [0.4, 0.5) is 4.79 Å². The fourth-order valence-corrected chi connectivity index (χ4v) is 2.04. The first-order valence-electron chi connectivity index (χ1n) is 8.32. The van der Waals surface area contributed by atoms with Gasteiger partial charge >= 0.3 is 6.09 Å². The molecule has 6 nitrogen and oxygen atoms in total. The Morgan fingerprint density at radius 2 is 1.88 bits per heavy atom. The van der Waals surface area contributed by atoms with E-state index in [1.807, 2.05) is 52.9 Å². The number of nitrogens with one attached hydrogen (secondary N) is 2. The van der Waals surface area contributed by atoms with Crippen LogP contribution in [0.25, 0.3) is 0 Å². The maximum atomic E-state index is 11.6. The van der Waals surface area contributed by atoms with Crippen LogP contribution in [0, 0.1) is 0 Å². The second-order valence-corrected chi connectivity index (χ2v) is 6.51. The predicted octanol–water partition coefficient (Wildman–Crippen LogP) is 2.61. The lowest BCUT2D eigenvalue weighted by Crippen LogP contribution is -2.39. The zero-order valence-corrected chi connectivity index (χ0v) is 15.4. The topological polar surface area (TPSA) is 66.0 Å². The number of carbonyl (C=O) groups is 1. The second-order valence-electron chi connectivity index (χ2n) is 6.51. The van der Waals surface area contributed by atoms with Crippen molar-refractivity contribution in [3.8, 4) is 0 Å². The fourth-order valence-electron chi connectivity index (χ4n) is 2.04. The number of amides is 1. The van der Waals surface area contributed by atoms with Gasteiger partial charge in [0, 0.05) is 26.7 Å². The standard InChI is InChI=1S/C18H30N4O2/c1-6-19-16(22(5)14-15-10-8-7-9-11-15)20-12-13-21-17(23)24-18(2,3)4/h7-11H,6,12-14H2,1-5H3,(H,19,20)(H,21,23). The van der Waals surface area contributed by atoms with E-state index in [0.29, 0.717) is 13.1 Å². The molecule has 0 saturated heterocycles. The molecule has 1 amide bonds. The number of aliphatic imine (C=N–C) groups is 1. The first-order chi connectivity index (χ1) is 11.3. The lowest BCUT2D eigenvalue weighted by atomic mass is 10.2. The van der Waals surface area contributed by atoms with Crippen molar-refractivity contribution >= 4 is 12.1 Å². The third kappa shape index (κ3) is 8.41. The molecule has 0 saturated carbocycles. The van der Waals surface area contributed by atoms with E-state index in [0.717, 1.165) is 19.0 Å². The van der Waals surface area contributed by atoms with Crippen LogP contribution in [-0.2, 0) is 11.3 Å². The van der Waals surface area contributed by atoms with Gasteiger partial charge in [0.25, 0.3) is 0 Å². The molecule has 2 N–H and O–H groups in total. The molecule has 0 heterocycles. The van der Waals surface area contributed by atoms with Gasteiger partial charge in [-0.1, -0.05) is 30.3 Å². The van der Waals surface area contributed by atoms with Crippen molar-refractivity contribution in [2.24, 2.45) is 4.99 Å². The molecule has 0 spiro atoms. The minimum Gasteiger partial charge on any atom is -0.444 e. The summed E-state index contributed by atoms with van der Waals surface area (Å²) in [5, 5.41) is 5.97. The van der Waals surface area contributed by atoms with Crippen molar-refractivity contribution in [2.45, 2.75) is 39.8 Å². The molecule has 0 aromatic heterocycles. The lowest BCUT2D eigenvalue weighted by Gasteiger charge is -2.22.